The summed E-state index contributed by atoms with van der Waals surface area (Å²) in [6.45, 7) is 1.84. The number of fused-ring (bicyclic) bond motifs is 1. The van der Waals surface area contributed by atoms with Crippen LogP contribution in [0.1, 0.15) is 21.6 Å². The van der Waals surface area contributed by atoms with Gasteiger partial charge in [-0.3, -0.25) is 18.8 Å². The van der Waals surface area contributed by atoms with Crippen LogP contribution < -0.4 is 10.1 Å². The Kier molecular flexibility index (Phi) is 5.52. The molecule has 2 aromatic carbocycles. The van der Waals surface area contributed by atoms with Crippen LogP contribution >= 0.6 is 11.6 Å². The van der Waals surface area contributed by atoms with Gasteiger partial charge in [0.05, 0.1) is 19.0 Å². The SMILES string of the molecule is COc1ccc2c(c1)c(CC(=O)Nc1ccn(C)n1)c(C)n2C(=O)c1ccc(Cl)cc1. The first kappa shape index (κ1) is 20.7. The zero-order chi connectivity index (χ0) is 22.1. The monoisotopic (exact) mass is 436 g/mol. The molecule has 0 atom stereocenters. The molecule has 158 valence electrons. The molecular weight excluding hydrogens is 416 g/mol. The molecule has 31 heavy (non-hydrogen) atoms. The van der Waals surface area contributed by atoms with Gasteiger partial charge in [0.15, 0.2) is 5.82 Å². The van der Waals surface area contributed by atoms with E-state index in [0.29, 0.717) is 33.4 Å². The van der Waals surface area contributed by atoms with Crippen molar-refractivity contribution in [2.45, 2.75) is 13.3 Å². The molecule has 0 saturated carbocycles. The molecule has 0 saturated heterocycles. The van der Waals surface area contributed by atoms with Crippen molar-refractivity contribution in [2.75, 3.05) is 12.4 Å². The van der Waals surface area contributed by atoms with Crippen molar-refractivity contribution in [3.05, 3.63) is 76.6 Å². The highest BCUT2D eigenvalue weighted by molar-refractivity contribution is 6.30. The Labute approximate surface area is 184 Å². The molecule has 2 heterocycles. The molecule has 0 unspecified atom stereocenters. The smallest absolute Gasteiger partial charge is 0.262 e. The number of carbonyl (C=O) groups excluding carboxylic acids is 2. The third-order valence-electron chi connectivity index (χ3n) is 5.15. The van der Waals surface area contributed by atoms with Gasteiger partial charge in [0.25, 0.3) is 5.91 Å². The van der Waals surface area contributed by atoms with Gasteiger partial charge in [0, 0.05) is 41.0 Å². The molecule has 0 aliphatic rings. The van der Waals surface area contributed by atoms with Gasteiger partial charge in [-0.05, 0) is 55.0 Å². The van der Waals surface area contributed by atoms with Gasteiger partial charge >= 0.3 is 0 Å². The van der Waals surface area contributed by atoms with Crippen molar-refractivity contribution in [2.24, 2.45) is 7.05 Å². The fourth-order valence-electron chi connectivity index (χ4n) is 3.63. The largest absolute Gasteiger partial charge is 0.497 e. The van der Waals surface area contributed by atoms with E-state index in [-0.39, 0.29) is 18.2 Å². The topological polar surface area (TPSA) is 78.2 Å². The van der Waals surface area contributed by atoms with Gasteiger partial charge < -0.3 is 10.1 Å². The molecule has 4 rings (SSSR count). The third kappa shape index (κ3) is 4.04. The second-order valence-electron chi connectivity index (χ2n) is 7.19. The van der Waals surface area contributed by atoms with Crippen LogP contribution in [0.15, 0.2) is 54.7 Å². The number of aromatic nitrogens is 3. The van der Waals surface area contributed by atoms with Crippen LogP contribution in [0, 0.1) is 6.92 Å². The van der Waals surface area contributed by atoms with E-state index < -0.39 is 0 Å². The van der Waals surface area contributed by atoms with E-state index in [0.717, 1.165) is 10.9 Å². The predicted molar refractivity (Wildman–Crippen MR) is 120 cm³/mol. The van der Waals surface area contributed by atoms with Crippen molar-refractivity contribution >= 4 is 40.1 Å². The molecule has 0 bridgehead atoms. The first-order chi connectivity index (χ1) is 14.9. The zero-order valence-electron chi connectivity index (χ0n) is 17.3. The molecule has 0 fully saturated rings. The Morgan fingerprint density at radius 2 is 1.87 bits per heavy atom. The fraction of sp³-hybridized carbons (Fsp3) is 0.174. The molecular formula is C23H21ClN4O3. The average Bonchev–Trinajstić information content (AvgIpc) is 3.28. The van der Waals surface area contributed by atoms with E-state index in [1.807, 2.05) is 19.1 Å². The van der Waals surface area contributed by atoms with Crippen LogP contribution in [0.2, 0.25) is 5.02 Å². The molecule has 0 aliphatic heterocycles. The highest BCUT2D eigenvalue weighted by Crippen LogP contribution is 2.31. The fourth-order valence-corrected chi connectivity index (χ4v) is 3.75. The second-order valence-corrected chi connectivity index (χ2v) is 7.63. The van der Waals surface area contributed by atoms with Crippen LogP contribution in [0.5, 0.6) is 5.75 Å². The number of nitrogens with one attached hydrogen (secondary N) is 1. The van der Waals surface area contributed by atoms with E-state index in [4.69, 9.17) is 16.3 Å². The van der Waals surface area contributed by atoms with Gasteiger partial charge in [0.1, 0.15) is 5.75 Å². The summed E-state index contributed by atoms with van der Waals surface area (Å²) >= 11 is 5.97. The molecule has 4 aromatic rings. The van der Waals surface area contributed by atoms with E-state index in [9.17, 15) is 9.59 Å². The molecule has 0 aliphatic carbocycles. The summed E-state index contributed by atoms with van der Waals surface area (Å²) < 4.78 is 8.61. The van der Waals surface area contributed by atoms with Gasteiger partial charge in [0.2, 0.25) is 5.91 Å². The van der Waals surface area contributed by atoms with Crippen molar-refractivity contribution < 1.29 is 14.3 Å². The standard InChI is InChI=1S/C23H21ClN4O3/c1-14-18(13-22(29)25-21-10-11-27(2)26-21)19-12-17(31-3)8-9-20(19)28(14)23(30)15-4-6-16(24)7-5-15/h4-12H,13H2,1-3H3,(H,25,26,29). The van der Waals surface area contributed by atoms with Crippen molar-refractivity contribution in [3.8, 4) is 5.75 Å². The van der Waals surface area contributed by atoms with Crippen molar-refractivity contribution in [3.63, 3.8) is 0 Å². The summed E-state index contributed by atoms with van der Waals surface area (Å²) in [4.78, 5) is 26.0. The van der Waals surface area contributed by atoms with Crippen LogP contribution in [0.25, 0.3) is 10.9 Å². The summed E-state index contributed by atoms with van der Waals surface area (Å²) in [6.07, 6.45) is 1.84. The molecule has 0 radical (unpaired) electrons. The molecule has 1 N–H and O–H groups in total. The Balaban J connectivity index is 1.77. The molecule has 2 aromatic heterocycles. The maximum Gasteiger partial charge on any atom is 0.262 e. The Morgan fingerprint density at radius 1 is 1.13 bits per heavy atom. The molecule has 7 nitrogen and oxygen atoms in total. The number of carbonyl (C=O) groups is 2. The number of aryl methyl sites for hydroxylation is 1. The van der Waals surface area contributed by atoms with Gasteiger partial charge in [-0.15, -0.1) is 0 Å². The number of amides is 1. The summed E-state index contributed by atoms with van der Waals surface area (Å²) in [5, 5.41) is 8.32. The summed E-state index contributed by atoms with van der Waals surface area (Å²) in [7, 11) is 3.36. The van der Waals surface area contributed by atoms with Crippen molar-refractivity contribution in [1.82, 2.24) is 14.3 Å². The number of anilines is 1. The number of methoxy groups -OCH3 is 1. The van der Waals surface area contributed by atoms with E-state index >= 15 is 0 Å². The lowest BCUT2D eigenvalue weighted by atomic mass is 10.1. The second kappa shape index (κ2) is 8.28. The maximum atomic E-state index is 13.3. The van der Waals surface area contributed by atoms with Crippen molar-refractivity contribution in [1.29, 1.82) is 0 Å². The Hall–Kier alpha value is -3.58. The molecule has 8 heteroatoms. The zero-order valence-corrected chi connectivity index (χ0v) is 18.1. The highest BCUT2D eigenvalue weighted by Gasteiger charge is 2.22. The summed E-state index contributed by atoms with van der Waals surface area (Å²) in [5.74, 6) is 0.710. The number of nitrogens with zero attached hydrogens (tertiary/aromatic N) is 3. The number of hydrogen-bond acceptors (Lipinski definition) is 4. The number of rotatable bonds is 5. The van der Waals surface area contributed by atoms with Gasteiger partial charge in [-0.2, -0.15) is 5.10 Å². The van der Waals surface area contributed by atoms with E-state index in [1.54, 1.807) is 66.0 Å². The number of benzene rings is 2. The van der Waals surface area contributed by atoms with Gasteiger partial charge in [-0.1, -0.05) is 11.6 Å². The minimum atomic E-state index is -0.220. The van der Waals surface area contributed by atoms with E-state index in [2.05, 4.69) is 10.4 Å². The lowest BCUT2D eigenvalue weighted by Gasteiger charge is -2.08. The highest BCUT2D eigenvalue weighted by atomic mass is 35.5. The van der Waals surface area contributed by atoms with Gasteiger partial charge in [-0.25, -0.2) is 0 Å². The number of hydrogen-bond donors (Lipinski definition) is 1. The Morgan fingerprint density at radius 3 is 2.52 bits per heavy atom. The van der Waals surface area contributed by atoms with Crippen LogP contribution in [0.3, 0.4) is 0 Å². The first-order valence-corrected chi connectivity index (χ1v) is 10.0. The molecule has 1 amide bonds. The maximum absolute atomic E-state index is 13.3. The predicted octanol–water partition coefficient (Wildman–Crippen LogP) is 4.21. The minimum Gasteiger partial charge on any atom is -0.497 e. The minimum absolute atomic E-state index is 0.0903. The number of halogens is 1. The third-order valence-corrected chi connectivity index (χ3v) is 5.41. The van der Waals surface area contributed by atoms with Crippen LogP contribution in [-0.4, -0.2) is 33.3 Å². The quantitative estimate of drug-likeness (QED) is 0.508. The Bertz CT molecular complexity index is 1290. The average molecular weight is 437 g/mol. The molecule has 0 spiro atoms. The summed E-state index contributed by atoms with van der Waals surface area (Å²) in [6, 6.07) is 13.9. The first-order valence-electron chi connectivity index (χ1n) is 9.65. The number of ether oxygens (including phenoxy) is 1. The summed E-state index contributed by atoms with van der Waals surface area (Å²) in [5.41, 5.74) is 2.66. The normalized spacial score (nSPS) is 11.0. The lowest BCUT2D eigenvalue weighted by Crippen LogP contribution is -2.17. The lowest BCUT2D eigenvalue weighted by molar-refractivity contribution is -0.115. The van der Waals surface area contributed by atoms with Crippen LogP contribution in [-0.2, 0) is 18.3 Å². The van der Waals surface area contributed by atoms with Crippen LogP contribution in [0.4, 0.5) is 5.82 Å². The van der Waals surface area contributed by atoms with E-state index in [1.165, 1.54) is 0 Å².